The molecule has 0 saturated carbocycles. The summed E-state index contributed by atoms with van der Waals surface area (Å²) in [4.78, 5) is 21.7. The van der Waals surface area contributed by atoms with E-state index < -0.39 is 0 Å². The van der Waals surface area contributed by atoms with Crippen LogP contribution < -0.4 is 5.56 Å². The first-order valence-electron chi connectivity index (χ1n) is 7.47. The van der Waals surface area contributed by atoms with Gasteiger partial charge in [0.25, 0.3) is 5.56 Å². The molecule has 1 N–H and O–H groups in total. The number of para-hydroxylation sites is 1. The number of thioether (sulfide) groups is 1. The maximum absolute atomic E-state index is 13.3. The smallest absolute Gasteiger partial charge is 0.265 e. The summed E-state index contributed by atoms with van der Waals surface area (Å²) < 4.78 is 14.8. The minimum atomic E-state index is -0.358. The van der Waals surface area contributed by atoms with Crippen LogP contribution in [0.25, 0.3) is 16.6 Å². The van der Waals surface area contributed by atoms with Gasteiger partial charge in [-0.25, -0.2) is 14.4 Å². The Morgan fingerprint density at radius 1 is 1.12 bits per heavy atom. The van der Waals surface area contributed by atoms with Gasteiger partial charge >= 0.3 is 0 Å². The first-order valence-corrected chi connectivity index (χ1v) is 8.46. The summed E-state index contributed by atoms with van der Waals surface area (Å²) in [5.41, 5.74) is 1.00. The molecule has 0 bridgehead atoms. The van der Waals surface area contributed by atoms with Crippen molar-refractivity contribution in [2.45, 2.75) is 10.9 Å². The van der Waals surface area contributed by atoms with Crippen LogP contribution in [0.1, 0.15) is 5.82 Å². The van der Waals surface area contributed by atoms with Crippen LogP contribution in [0.4, 0.5) is 4.39 Å². The molecule has 0 fully saturated rings. The molecule has 4 rings (SSSR count). The van der Waals surface area contributed by atoms with Gasteiger partial charge in [0.2, 0.25) is 0 Å². The summed E-state index contributed by atoms with van der Waals surface area (Å²) in [6.07, 6.45) is 1.42. The molecular formula is C17H12FN5OS. The van der Waals surface area contributed by atoms with Crippen LogP contribution >= 0.6 is 11.8 Å². The second-order valence-corrected chi connectivity index (χ2v) is 6.21. The van der Waals surface area contributed by atoms with Crippen LogP contribution in [0.3, 0.4) is 0 Å². The Balaban J connectivity index is 1.87. The van der Waals surface area contributed by atoms with E-state index in [2.05, 4.69) is 20.2 Å². The van der Waals surface area contributed by atoms with E-state index in [-0.39, 0.29) is 11.4 Å². The Labute approximate surface area is 145 Å². The predicted molar refractivity (Wildman–Crippen MR) is 93.2 cm³/mol. The fraction of sp³-hybridized carbons (Fsp3) is 0.0588. The van der Waals surface area contributed by atoms with Crippen molar-refractivity contribution in [3.8, 4) is 5.69 Å². The largest absolute Gasteiger partial charge is 0.268 e. The summed E-state index contributed by atoms with van der Waals surface area (Å²) in [5, 5.41) is 7.71. The normalized spacial score (nSPS) is 11.1. The zero-order valence-electron chi connectivity index (χ0n) is 12.9. The van der Waals surface area contributed by atoms with Gasteiger partial charge in [0.15, 0.2) is 5.16 Å². The second kappa shape index (κ2) is 6.48. The Bertz CT molecular complexity index is 1080. The van der Waals surface area contributed by atoms with Crippen LogP contribution in [0.15, 0.2) is 64.8 Å². The number of hydrogen-bond donors (Lipinski definition) is 1. The van der Waals surface area contributed by atoms with Gasteiger partial charge in [0, 0.05) is 0 Å². The zero-order valence-corrected chi connectivity index (χ0v) is 13.7. The van der Waals surface area contributed by atoms with E-state index in [4.69, 9.17) is 0 Å². The standard InChI is InChI=1S/C17H12FN5OS/c18-11-5-7-12(8-6-11)23-15(9-25-17-19-10-20-22-17)21-14-4-2-1-3-13(14)16(23)24/h1-8,10H,9H2,(H,19,20,22). The van der Waals surface area contributed by atoms with E-state index in [0.717, 1.165) is 0 Å². The van der Waals surface area contributed by atoms with Crippen LogP contribution in [0.2, 0.25) is 0 Å². The Morgan fingerprint density at radius 3 is 2.68 bits per heavy atom. The van der Waals surface area contributed by atoms with E-state index in [0.29, 0.717) is 33.3 Å². The molecule has 2 heterocycles. The minimum absolute atomic E-state index is 0.189. The van der Waals surface area contributed by atoms with E-state index in [1.165, 1.54) is 34.8 Å². The Morgan fingerprint density at radius 2 is 1.92 bits per heavy atom. The summed E-state index contributed by atoms with van der Waals surface area (Å²) in [6.45, 7) is 0. The summed E-state index contributed by atoms with van der Waals surface area (Å²) in [6, 6.07) is 12.9. The van der Waals surface area contributed by atoms with Crippen molar-refractivity contribution in [2.75, 3.05) is 0 Å². The van der Waals surface area contributed by atoms with Crippen LogP contribution in [0, 0.1) is 5.82 Å². The van der Waals surface area contributed by atoms with Crippen molar-refractivity contribution in [3.63, 3.8) is 0 Å². The third-order valence-corrected chi connectivity index (χ3v) is 4.53. The molecule has 4 aromatic rings. The highest BCUT2D eigenvalue weighted by Gasteiger charge is 2.13. The number of aromatic nitrogens is 5. The Kier molecular flexibility index (Phi) is 4.02. The third-order valence-electron chi connectivity index (χ3n) is 3.66. The lowest BCUT2D eigenvalue weighted by atomic mass is 10.2. The molecule has 0 radical (unpaired) electrons. The Hall–Kier alpha value is -3.00. The van der Waals surface area contributed by atoms with E-state index in [1.807, 2.05) is 6.07 Å². The summed E-state index contributed by atoms with van der Waals surface area (Å²) >= 11 is 1.38. The van der Waals surface area contributed by atoms with Gasteiger partial charge in [-0.3, -0.25) is 14.5 Å². The zero-order chi connectivity index (χ0) is 17.2. The molecule has 25 heavy (non-hydrogen) atoms. The molecule has 8 heteroatoms. The lowest BCUT2D eigenvalue weighted by Crippen LogP contribution is -2.23. The van der Waals surface area contributed by atoms with Crippen LogP contribution in [-0.4, -0.2) is 24.7 Å². The van der Waals surface area contributed by atoms with Gasteiger partial charge in [0.1, 0.15) is 18.0 Å². The average Bonchev–Trinajstić information content (AvgIpc) is 3.15. The molecule has 0 spiro atoms. The molecule has 0 saturated heterocycles. The first-order chi connectivity index (χ1) is 12.2. The SMILES string of the molecule is O=c1c2ccccc2nc(CSc2ncn[nH]2)n1-c1ccc(F)cc1. The molecule has 0 aliphatic rings. The minimum Gasteiger partial charge on any atom is -0.268 e. The van der Waals surface area contributed by atoms with Gasteiger partial charge in [-0.2, -0.15) is 5.10 Å². The lowest BCUT2D eigenvalue weighted by Gasteiger charge is -2.13. The van der Waals surface area contributed by atoms with Gasteiger partial charge < -0.3 is 0 Å². The van der Waals surface area contributed by atoms with Crippen LogP contribution in [0.5, 0.6) is 0 Å². The quantitative estimate of drug-likeness (QED) is 0.571. The maximum Gasteiger partial charge on any atom is 0.265 e. The highest BCUT2D eigenvalue weighted by Crippen LogP contribution is 2.20. The van der Waals surface area contributed by atoms with Gasteiger partial charge in [-0.05, 0) is 36.4 Å². The monoisotopic (exact) mass is 353 g/mol. The van der Waals surface area contributed by atoms with Crippen molar-refractivity contribution in [3.05, 3.63) is 76.9 Å². The molecule has 124 valence electrons. The highest BCUT2D eigenvalue weighted by molar-refractivity contribution is 7.98. The van der Waals surface area contributed by atoms with Gasteiger partial charge in [0.05, 0.1) is 22.3 Å². The van der Waals surface area contributed by atoms with Crippen molar-refractivity contribution in [1.29, 1.82) is 0 Å². The topological polar surface area (TPSA) is 76.5 Å². The number of benzene rings is 2. The first kappa shape index (κ1) is 15.5. The van der Waals surface area contributed by atoms with Crippen molar-refractivity contribution >= 4 is 22.7 Å². The molecule has 0 atom stereocenters. The second-order valence-electron chi connectivity index (χ2n) is 5.24. The fourth-order valence-corrected chi connectivity index (χ4v) is 3.23. The van der Waals surface area contributed by atoms with Crippen molar-refractivity contribution in [2.24, 2.45) is 0 Å². The molecule has 2 aromatic heterocycles. The third kappa shape index (κ3) is 3.03. The predicted octanol–water partition coefficient (Wildman–Crippen LogP) is 2.94. The maximum atomic E-state index is 13.3. The number of nitrogens with one attached hydrogen (secondary N) is 1. The number of hydrogen-bond acceptors (Lipinski definition) is 5. The van der Waals surface area contributed by atoms with Gasteiger partial charge in [-0.15, -0.1) is 0 Å². The van der Waals surface area contributed by atoms with Crippen molar-refractivity contribution in [1.82, 2.24) is 24.7 Å². The molecule has 2 aromatic carbocycles. The molecule has 0 amide bonds. The molecule has 0 aliphatic heterocycles. The van der Waals surface area contributed by atoms with Crippen LogP contribution in [-0.2, 0) is 5.75 Å². The average molecular weight is 353 g/mol. The van der Waals surface area contributed by atoms with E-state index in [1.54, 1.807) is 30.3 Å². The van der Waals surface area contributed by atoms with Gasteiger partial charge in [-0.1, -0.05) is 23.9 Å². The molecule has 6 nitrogen and oxygen atoms in total. The number of nitrogens with zero attached hydrogens (tertiary/aromatic N) is 4. The number of halogens is 1. The summed E-state index contributed by atoms with van der Waals surface area (Å²) in [5.74, 6) is 0.604. The number of aromatic amines is 1. The van der Waals surface area contributed by atoms with E-state index in [9.17, 15) is 9.18 Å². The number of H-pyrrole nitrogens is 1. The number of fused-ring (bicyclic) bond motifs is 1. The molecular weight excluding hydrogens is 341 g/mol. The number of rotatable bonds is 4. The highest BCUT2D eigenvalue weighted by atomic mass is 32.2. The molecule has 0 unspecified atom stereocenters. The summed E-state index contributed by atoms with van der Waals surface area (Å²) in [7, 11) is 0. The lowest BCUT2D eigenvalue weighted by molar-refractivity contribution is 0.627. The molecule has 0 aliphatic carbocycles. The van der Waals surface area contributed by atoms with Crippen molar-refractivity contribution < 1.29 is 4.39 Å². The fourth-order valence-electron chi connectivity index (χ4n) is 2.53. The van der Waals surface area contributed by atoms with E-state index >= 15 is 0 Å².